The summed E-state index contributed by atoms with van der Waals surface area (Å²) in [5.74, 6) is 0.609. The molecule has 0 heterocycles. The second-order valence-electron chi connectivity index (χ2n) is 5.00. The van der Waals surface area contributed by atoms with Crippen molar-refractivity contribution in [1.82, 2.24) is 0 Å². The normalized spacial score (nSPS) is 10.8. The van der Waals surface area contributed by atoms with Crippen LogP contribution in [-0.2, 0) is 12.8 Å². The Morgan fingerprint density at radius 1 is 0.722 bits per heavy atom. The summed E-state index contributed by atoms with van der Waals surface area (Å²) in [6.07, 6.45) is 2.15. The fourth-order valence-corrected chi connectivity index (χ4v) is 2.18. The molecule has 0 atom stereocenters. The summed E-state index contributed by atoms with van der Waals surface area (Å²) < 4.78 is 0. The van der Waals surface area contributed by atoms with Crippen molar-refractivity contribution in [3.8, 4) is 0 Å². The summed E-state index contributed by atoms with van der Waals surface area (Å²) in [6.45, 7) is 2.27. The van der Waals surface area contributed by atoms with Crippen LogP contribution in [0.1, 0.15) is 18.1 Å². The number of nitrogen functional groups attached to an aromatic ring is 2. The number of anilines is 2. The first-order chi connectivity index (χ1) is 8.63. The molecule has 0 aliphatic heterocycles. The molecule has 0 spiro atoms. The van der Waals surface area contributed by atoms with Crippen molar-refractivity contribution in [1.29, 1.82) is 0 Å². The highest BCUT2D eigenvalue weighted by atomic mass is 14.5. The van der Waals surface area contributed by atoms with Gasteiger partial charge < -0.3 is 11.5 Å². The fraction of sp³-hybridized carbons (Fsp3) is 0.250. The Labute approximate surface area is 109 Å². The number of hydrogen-bond donors (Lipinski definition) is 2. The molecular formula is C16H20N2. The zero-order valence-corrected chi connectivity index (χ0v) is 10.8. The van der Waals surface area contributed by atoms with Crippen molar-refractivity contribution < 1.29 is 0 Å². The zero-order valence-electron chi connectivity index (χ0n) is 10.8. The minimum Gasteiger partial charge on any atom is -0.399 e. The molecule has 18 heavy (non-hydrogen) atoms. The molecule has 2 heteroatoms. The molecule has 0 unspecified atom stereocenters. The van der Waals surface area contributed by atoms with Crippen molar-refractivity contribution in [2.75, 3.05) is 11.5 Å². The van der Waals surface area contributed by atoms with Gasteiger partial charge in [-0.05, 0) is 54.2 Å². The summed E-state index contributed by atoms with van der Waals surface area (Å²) in [6, 6.07) is 16.3. The van der Waals surface area contributed by atoms with Crippen LogP contribution in [0, 0.1) is 5.92 Å². The Bertz CT molecular complexity index is 438. The van der Waals surface area contributed by atoms with Gasteiger partial charge in [0.15, 0.2) is 0 Å². The standard InChI is InChI=1S/C16H20N2/c1-12(10-13-2-6-15(17)7-3-13)11-14-4-8-16(18)9-5-14/h2-9,12H,10-11,17-18H2,1H3. The molecule has 2 nitrogen and oxygen atoms in total. The largest absolute Gasteiger partial charge is 0.399 e. The van der Waals surface area contributed by atoms with Gasteiger partial charge in [0, 0.05) is 11.4 Å². The van der Waals surface area contributed by atoms with Gasteiger partial charge >= 0.3 is 0 Å². The smallest absolute Gasteiger partial charge is 0.0314 e. The molecule has 4 N–H and O–H groups in total. The van der Waals surface area contributed by atoms with Gasteiger partial charge in [-0.2, -0.15) is 0 Å². The van der Waals surface area contributed by atoms with Gasteiger partial charge in [-0.1, -0.05) is 31.2 Å². The molecule has 0 amide bonds. The molecule has 0 saturated heterocycles. The molecule has 94 valence electrons. The van der Waals surface area contributed by atoms with Crippen molar-refractivity contribution in [3.05, 3.63) is 59.7 Å². The highest BCUT2D eigenvalue weighted by molar-refractivity contribution is 5.40. The van der Waals surface area contributed by atoms with Gasteiger partial charge in [0.05, 0.1) is 0 Å². The highest BCUT2D eigenvalue weighted by Gasteiger charge is 2.05. The van der Waals surface area contributed by atoms with Crippen molar-refractivity contribution in [3.63, 3.8) is 0 Å². The van der Waals surface area contributed by atoms with E-state index in [0.29, 0.717) is 5.92 Å². The van der Waals surface area contributed by atoms with E-state index >= 15 is 0 Å². The van der Waals surface area contributed by atoms with Crippen LogP contribution in [0.25, 0.3) is 0 Å². The predicted molar refractivity (Wildman–Crippen MR) is 78.3 cm³/mol. The lowest BCUT2D eigenvalue weighted by Crippen LogP contribution is -2.04. The second kappa shape index (κ2) is 5.58. The average Bonchev–Trinajstić information content (AvgIpc) is 2.35. The quantitative estimate of drug-likeness (QED) is 0.806. The second-order valence-corrected chi connectivity index (χ2v) is 5.00. The molecule has 0 aliphatic carbocycles. The first-order valence-corrected chi connectivity index (χ1v) is 6.32. The minimum atomic E-state index is 0.609. The Hall–Kier alpha value is -1.96. The lowest BCUT2D eigenvalue weighted by atomic mass is 9.94. The van der Waals surface area contributed by atoms with Crippen molar-refractivity contribution >= 4 is 11.4 Å². The number of hydrogen-bond acceptors (Lipinski definition) is 2. The van der Waals surface area contributed by atoms with Gasteiger partial charge in [-0.25, -0.2) is 0 Å². The van der Waals surface area contributed by atoms with Crippen LogP contribution in [0.15, 0.2) is 48.5 Å². The topological polar surface area (TPSA) is 52.0 Å². The first kappa shape index (κ1) is 12.5. The monoisotopic (exact) mass is 240 g/mol. The molecule has 0 aliphatic rings. The van der Waals surface area contributed by atoms with Crippen LogP contribution >= 0.6 is 0 Å². The molecule has 2 aromatic carbocycles. The van der Waals surface area contributed by atoms with E-state index in [-0.39, 0.29) is 0 Å². The SMILES string of the molecule is CC(Cc1ccc(N)cc1)Cc1ccc(N)cc1. The summed E-state index contributed by atoms with van der Waals surface area (Å²) >= 11 is 0. The molecule has 0 radical (unpaired) electrons. The van der Waals surface area contributed by atoms with Gasteiger partial charge in [0.25, 0.3) is 0 Å². The van der Waals surface area contributed by atoms with Crippen molar-refractivity contribution in [2.24, 2.45) is 5.92 Å². The van der Waals surface area contributed by atoms with Crippen LogP contribution in [0.2, 0.25) is 0 Å². The maximum Gasteiger partial charge on any atom is 0.0314 e. The molecular weight excluding hydrogens is 220 g/mol. The summed E-state index contributed by atoms with van der Waals surface area (Å²) in [5, 5.41) is 0. The van der Waals surface area contributed by atoms with Crippen LogP contribution in [-0.4, -0.2) is 0 Å². The maximum absolute atomic E-state index is 5.68. The van der Waals surface area contributed by atoms with E-state index in [2.05, 4.69) is 31.2 Å². The summed E-state index contributed by atoms with van der Waals surface area (Å²) in [4.78, 5) is 0. The third-order valence-corrected chi connectivity index (χ3v) is 3.13. The molecule has 2 aromatic rings. The lowest BCUT2D eigenvalue weighted by Gasteiger charge is -2.12. The Morgan fingerprint density at radius 2 is 1.06 bits per heavy atom. The first-order valence-electron chi connectivity index (χ1n) is 6.32. The predicted octanol–water partition coefficient (Wildman–Crippen LogP) is 3.27. The van der Waals surface area contributed by atoms with Crippen LogP contribution in [0.3, 0.4) is 0 Å². The van der Waals surface area contributed by atoms with Crippen LogP contribution in [0.4, 0.5) is 11.4 Å². The van der Waals surface area contributed by atoms with E-state index in [1.807, 2.05) is 24.3 Å². The number of rotatable bonds is 4. The molecule has 0 saturated carbocycles. The summed E-state index contributed by atoms with van der Waals surface area (Å²) in [5.41, 5.74) is 15.7. The third-order valence-electron chi connectivity index (χ3n) is 3.13. The summed E-state index contributed by atoms with van der Waals surface area (Å²) in [7, 11) is 0. The third kappa shape index (κ3) is 3.52. The maximum atomic E-state index is 5.68. The molecule has 0 bridgehead atoms. The van der Waals surface area contributed by atoms with E-state index < -0.39 is 0 Å². The number of nitrogens with two attached hydrogens (primary N) is 2. The Morgan fingerprint density at radius 3 is 1.39 bits per heavy atom. The lowest BCUT2D eigenvalue weighted by molar-refractivity contribution is 0.577. The van der Waals surface area contributed by atoms with Gasteiger partial charge in [-0.15, -0.1) is 0 Å². The van der Waals surface area contributed by atoms with Gasteiger partial charge in [0.1, 0.15) is 0 Å². The van der Waals surface area contributed by atoms with Gasteiger partial charge in [-0.3, -0.25) is 0 Å². The van der Waals surface area contributed by atoms with E-state index in [0.717, 1.165) is 24.2 Å². The van der Waals surface area contributed by atoms with Gasteiger partial charge in [0.2, 0.25) is 0 Å². The van der Waals surface area contributed by atoms with Crippen LogP contribution in [0.5, 0.6) is 0 Å². The van der Waals surface area contributed by atoms with E-state index in [4.69, 9.17) is 11.5 Å². The minimum absolute atomic E-state index is 0.609. The van der Waals surface area contributed by atoms with E-state index in [1.165, 1.54) is 11.1 Å². The highest BCUT2D eigenvalue weighted by Crippen LogP contribution is 2.16. The molecule has 0 fully saturated rings. The molecule has 0 aromatic heterocycles. The number of benzene rings is 2. The molecule has 2 rings (SSSR count). The zero-order chi connectivity index (χ0) is 13.0. The van der Waals surface area contributed by atoms with E-state index in [1.54, 1.807) is 0 Å². The van der Waals surface area contributed by atoms with Crippen molar-refractivity contribution in [2.45, 2.75) is 19.8 Å². The Balaban J connectivity index is 1.94. The van der Waals surface area contributed by atoms with E-state index in [9.17, 15) is 0 Å². The average molecular weight is 240 g/mol. The Kier molecular flexibility index (Phi) is 3.88. The fourth-order valence-electron chi connectivity index (χ4n) is 2.18. The van der Waals surface area contributed by atoms with Crippen LogP contribution < -0.4 is 11.5 Å².